The van der Waals surface area contributed by atoms with E-state index in [0.717, 1.165) is 50.9 Å². The molecule has 0 unspecified atom stereocenters. The van der Waals surface area contributed by atoms with Crippen molar-refractivity contribution in [1.82, 2.24) is 10.3 Å². The number of rotatable bonds is 8. The number of thiazole rings is 1. The van der Waals surface area contributed by atoms with Crippen LogP contribution in [0, 0.1) is 0 Å². The average molecular weight is 394 g/mol. The van der Waals surface area contributed by atoms with E-state index in [-0.39, 0.29) is 0 Å². The van der Waals surface area contributed by atoms with Crippen LogP contribution in [0.4, 0.5) is 5.13 Å². The largest absolute Gasteiger partial charge is 0.378 e. The molecule has 0 saturated carbocycles. The molecule has 0 atom stereocenters. The number of hydrogen-bond acceptors (Lipinski definition) is 5. The van der Waals surface area contributed by atoms with Crippen LogP contribution in [0.15, 0.2) is 66.9 Å². The van der Waals surface area contributed by atoms with E-state index in [2.05, 4.69) is 75.9 Å². The zero-order chi connectivity index (χ0) is 19.0. The molecule has 1 fully saturated rings. The van der Waals surface area contributed by atoms with Crippen molar-refractivity contribution in [2.45, 2.75) is 18.9 Å². The lowest BCUT2D eigenvalue weighted by atomic mass is 9.88. The van der Waals surface area contributed by atoms with Gasteiger partial charge < -0.3 is 15.0 Å². The first-order chi connectivity index (χ1) is 13.9. The van der Waals surface area contributed by atoms with Crippen molar-refractivity contribution in [1.29, 1.82) is 0 Å². The van der Waals surface area contributed by atoms with Crippen molar-refractivity contribution in [2.24, 2.45) is 0 Å². The number of ether oxygens (including phenoxy) is 1. The number of benzene rings is 2. The highest BCUT2D eigenvalue weighted by molar-refractivity contribution is 7.15. The van der Waals surface area contributed by atoms with Crippen LogP contribution >= 0.6 is 11.3 Å². The summed E-state index contributed by atoms with van der Waals surface area (Å²) in [4.78, 5) is 8.21. The van der Waals surface area contributed by atoms with E-state index in [4.69, 9.17) is 4.74 Å². The van der Waals surface area contributed by atoms with E-state index in [1.165, 1.54) is 16.0 Å². The summed E-state index contributed by atoms with van der Waals surface area (Å²) in [5, 5.41) is 4.73. The highest BCUT2D eigenvalue weighted by atomic mass is 32.1. The molecule has 0 bridgehead atoms. The third-order valence-electron chi connectivity index (χ3n) is 5.14. The Hall–Kier alpha value is -2.21. The standard InChI is InChI=1S/C23H27N3OS/c1-3-7-19(8-4-1)22(20-9-5-2-6-10-20)11-12-24-17-21-18-25-23(28-21)26-13-15-27-16-14-26/h1-10,18,22,24H,11-17H2. The fraction of sp³-hybridized carbons (Fsp3) is 0.348. The summed E-state index contributed by atoms with van der Waals surface area (Å²) in [6, 6.07) is 21.6. The molecule has 146 valence electrons. The lowest BCUT2D eigenvalue weighted by Crippen LogP contribution is -2.36. The number of aromatic nitrogens is 1. The molecule has 1 aliphatic rings. The highest BCUT2D eigenvalue weighted by Crippen LogP contribution is 2.27. The van der Waals surface area contributed by atoms with Crippen molar-refractivity contribution in [3.05, 3.63) is 82.9 Å². The first-order valence-corrected chi connectivity index (χ1v) is 10.8. The molecule has 4 nitrogen and oxygen atoms in total. The Morgan fingerprint density at radius 2 is 1.61 bits per heavy atom. The molecule has 28 heavy (non-hydrogen) atoms. The predicted octanol–water partition coefficient (Wildman–Crippen LogP) is 4.29. The Bertz CT molecular complexity index is 792. The first kappa shape index (κ1) is 19.1. The molecule has 0 spiro atoms. The minimum atomic E-state index is 0.417. The third kappa shape index (κ3) is 4.98. The minimum Gasteiger partial charge on any atom is -0.378 e. The summed E-state index contributed by atoms with van der Waals surface area (Å²) in [5.41, 5.74) is 2.76. The molecule has 2 aromatic carbocycles. The summed E-state index contributed by atoms with van der Waals surface area (Å²) < 4.78 is 5.43. The molecule has 1 aromatic heterocycles. The Balaban J connectivity index is 1.32. The Morgan fingerprint density at radius 3 is 2.25 bits per heavy atom. The van der Waals surface area contributed by atoms with Gasteiger partial charge in [0.15, 0.2) is 5.13 Å². The summed E-state index contributed by atoms with van der Waals surface area (Å²) in [7, 11) is 0. The van der Waals surface area contributed by atoms with Crippen molar-refractivity contribution in [3.63, 3.8) is 0 Å². The van der Waals surface area contributed by atoms with Gasteiger partial charge in [0, 0.05) is 36.6 Å². The van der Waals surface area contributed by atoms with Gasteiger partial charge in [-0.15, -0.1) is 11.3 Å². The summed E-state index contributed by atoms with van der Waals surface area (Å²) in [5.74, 6) is 0.417. The number of anilines is 1. The summed E-state index contributed by atoms with van der Waals surface area (Å²) in [6.07, 6.45) is 3.08. The molecular weight excluding hydrogens is 366 g/mol. The van der Waals surface area contributed by atoms with E-state index >= 15 is 0 Å². The predicted molar refractivity (Wildman–Crippen MR) is 116 cm³/mol. The van der Waals surface area contributed by atoms with E-state index in [1.54, 1.807) is 11.3 Å². The molecule has 0 amide bonds. The van der Waals surface area contributed by atoms with Crippen molar-refractivity contribution < 1.29 is 4.74 Å². The molecular formula is C23H27N3OS. The van der Waals surface area contributed by atoms with Gasteiger partial charge in [-0.2, -0.15) is 0 Å². The Kier molecular flexibility index (Phi) is 6.71. The highest BCUT2D eigenvalue weighted by Gasteiger charge is 2.15. The smallest absolute Gasteiger partial charge is 0.185 e. The van der Waals surface area contributed by atoms with Crippen molar-refractivity contribution in [3.8, 4) is 0 Å². The van der Waals surface area contributed by atoms with E-state index in [0.29, 0.717) is 5.92 Å². The van der Waals surface area contributed by atoms with Gasteiger partial charge in [0.05, 0.1) is 13.2 Å². The van der Waals surface area contributed by atoms with E-state index in [9.17, 15) is 0 Å². The number of nitrogens with one attached hydrogen (secondary N) is 1. The second-order valence-electron chi connectivity index (χ2n) is 7.05. The van der Waals surface area contributed by atoms with Crippen LogP contribution in [-0.2, 0) is 11.3 Å². The van der Waals surface area contributed by atoms with Crippen LogP contribution in [0.2, 0.25) is 0 Å². The topological polar surface area (TPSA) is 37.4 Å². The van der Waals surface area contributed by atoms with Crippen molar-refractivity contribution in [2.75, 3.05) is 37.7 Å². The van der Waals surface area contributed by atoms with Gasteiger partial charge >= 0.3 is 0 Å². The Labute approximate surface area is 171 Å². The van der Waals surface area contributed by atoms with Crippen LogP contribution in [0.25, 0.3) is 0 Å². The summed E-state index contributed by atoms with van der Waals surface area (Å²) in [6.45, 7) is 5.32. The minimum absolute atomic E-state index is 0.417. The second-order valence-corrected chi connectivity index (χ2v) is 8.14. The maximum atomic E-state index is 5.43. The maximum Gasteiger partial charge on any atom is 0.185 e. The fourth-order valence-electron chi connectivity index (χ4n) is 3.63. The van der Waals surface area contributed by atoms with E-state index in [1.807, 2.05) is 6.20 Å². The molecule has 1 saturated heterocycles. The van der Waals surface area contributed by atoms with Crippen LogP contribution in [-0.4, -0.2) is 37.8 Å². The molecule has 5 heteroatoms. The molecule has 4 rings (SSSR count). The Morgan fingerprint density at radius 1 is 0.964 bits per heavy atom. The van der Waals surface area contributed by atoms with Crippen LogP contribution in [0.5, 0.6) is 0 Å². The zero-order valence-electron chi connectivity index (χ0n) is 16.1. The van der Waals surface area contributed by atoms with Gasteiger partial charge in [-0.3, -0.25) is 0 Å². The average Bonchev–Trinajstić information content (AvgIpc) is 3.25. The van der Waals surface area contributed by atoms with Gasteiger partial charge in [0.1, 0.15) is 0 Å². The summed E-state index contributed by atoms with van der Waals surface area (Å²) >= 11 is 1.79. The monoisotopic (exact) mass is 393 g/mol. The van der Waals surface area contributed by atoms with Gasteiger partial charge in [0.2, 0.25) is 0 Å². The lowest BCUT2D eigenvalue weighted by molar-refractivity contribution is 0.122. The van der Waals surface area contributed by atoms with Gasteiger partial charge in [-0.05, 0) is 24.1 Å². The molecule has 0 aliphatic carbocycles. The lowest BCUT2D eigenvalue weighted by Gasteiger charge is -2.25. The van der Waals surface area contributed by atoms with Gasteiger partial charge in [0.25, 0.3) is 0 Å². The molecule has 1 N–H and O–H groups in total. The molecule has 3 aromatic rings. The normalized spacial score (nSPS) is 14.5. The maximum absolute atomic E-state index is 5.43. The number of hydrogen-bond donors (Lipinski definition) is 1. The fourth-order valence-corrected chi connectivity index (χ4v) is 4.57. The second kappa shape index (κ2) is 9.82. The van der Waals surface area contributed by atoms with Crippen LogP contribution in [0.3, 0.4) is 0 Å². The van der Waals surface area contributed by atoms with E-state index < -0.39 is 0 Å². The molecule has 1 aliphatic heterocycles. The zero-order valence-corrected chi connectivity index (χ0v) is 16.9. The third-order valence-corrected chi connectivity index (χ3v) is 6.19. The van der Waals surface area contributed by atoms with Gasteiger partial charge in [-0.25, -0.2) is 4.98 Å². The first-order valence-electron chi connectivity index (χ1n) is 9.98. The number of morpholine rings is 1. The number of nitrogens with zero attached hydrogens (tertiary/aromatic N) is 2. The van der Waals surface area contributed by atoms with Crippen molar-refractivity contribution >= 4 is 16.5 Å². The SMILES string of the molecule is c1ccc(C(CCNCc2cnc(N3CCOCC3)s2)c2ccccc2)cc1. The quantitative estimate of drug-likeness (QED) is 0.579. The van der Waals surface area contributed by atoms with Crippen LogP contribution in [0.1, 0.15) is 28.3 Å². The van der Waals surface area contributed by atoms with Gasteiger partial charge in [-0.1, -0.05) is 60.7 Å². The molecule has 2 heterocycles. The van der Waals surface area contributed by atoms with Crippen LogP contribution < -0.4 is 10.2 Å². The molecule has 0 radical (unpaired) electrons.